The third kappa shape index (κ3) is 6.06. The van der Waals surface area contributed by atoms with E-state index in [0.717, 1.165) is 0 Å². The van der Waals surface area contributed by atoms with E-state index in [4.69, 9.17) is 23.2 Å². The van der Waals surface area contributed by atoms with E-state index in [1.54, 1.807) is 44.2 Å². The van der Waals surface area contributed by atoms with Crippen molar-refractivity contribution in [1.29, 1.82) is 0 Å². The summed E-state index contributed by atoms with van der Waals surface area (Å²) in [5.74, 6) is -1.05. The smallest absolute Gasteiger partial charge is 0.256 e. The van der Waals surface area contributed by atoms with E-state index >= 15 is 0 Å². The van der Waals surface area contributed by atoms with Crippen molar-refractivity contribution in [3.8, 4) is 0 Å². The summed E-state index contributed by atoms with van der Waals surface area (Å²) < 4.78 is 40.0. The molecule has 1 unspecified atom stereocenters. The normalized spacial score (nSPS) is 18.1. The number of carbonyl (C=O) groups excluding carboxylic acids is 2. The number of nitrogens with zero attached hydrogens (tertiary/aromatic N) is 1. The van der Waals surface area contributed by atoms with Gasteiger partial charge in [0, 0.05) is 64.4 Å². The fourth-order valence-electron chi connectivity index (χ4n) is 5.26. The Kier molecular flexibility index (Phi) is 8.29. The number of sulfone groups is 1. The molecule has 3 aromatic rings. The summed E-state index contributed by atoms with van der Waals surface area (Å²) in [5, 5.41) is 6.17. The van der Waals surface area contributed by atoms with Crippen LogP contribution in [0.4, 0.5) is 10.1 Å². The number of aromatic nitrogens is 1. The number of rotatable bonds is 8. The Morgan fingerprint density at radius 1 is 1.20 bits per heavy atom. The zero-order chi connectivity index (χ0) is 29.5. The van der Waals surface area contributed by atoms with Gasteiger partial charge in [0.05, 0.1) is 21.8 Å². The number of anilines is 1. The second-order valence-corrected chi connectivity index (χ2v) is 13.1. The van der Waals surface area contributed by atoms with Crippen LogP contribution in [0.15, 0.2) is 41.3 Å². The predicted molar refractivity (Wildman–Crippen MR) is 159 cm³/mol. The quantitative estimate of drug-likeness (QED) is 0.301. The molecule has 0 saturated carbocycles. The molecule has 0 aliphatic carbocycles. The highest BCUT2D eigenvalue weighted by Crippen LogP contribution is 2.37. The molecule has 1 atom stereocenters. The lowest BCUT2D eigenvalue weighted by molar-refractivity contribution is -0.110. The second kappa shape index (κ2) is 11.6. The Morgan fingerprint density at radius 2 is 1.93 bits per heavy atom. The number of hydrogen-bond acceptors (Lipinski definition) is 5. The predicted octanol–water partition coefficient (Wildman–Crippen LogP) is 5.18. The van der Waals surface area contributed by atoms with Gasteiger partial charge in [0.1, 0.15) is 6.17 Å². The molecular formula is C29H29Cl2FN4O4S. The van der Waals surface area contributed by atoms with Gasteiger partial charge in [-0.05, 0) is 62.2 Å². The number of carbonyl (C=O) groups is 2. The van der Waals surface area contributed by atoms with Crippen LogP contribution in [0.1, 0.15) is 44.9 Å². The fourth-order valence-corrected chi connectivity index (χ4v) is 7.38. The molecule has 2 amide bonds. The molecule has 1 aromatic heterocycles. The minimum Gasteiger partial charge on any atom is -0.358 e. The molecule has 216 valence electrons. The van der Waals surface area contributed by atoms with Gasteiger partial charge >= 0.3 is 0 Å². The second-order valence-electron chi connectivity index (χ2n) is 10.3. The summed E-state index contributed by atoms with van der Waals surface area (Å²) in [7, 11) is -3.85. The standard InChI is InChI=1S/C29H29Cl2FN4O4S/c1-16-26(34-17(2)27(16)29(38)33-9-11-36-10-8-18(32)14-36)13-21-20-12-19(6-7-25(20)35-28(21)37)41(39,40)15-22-23(30)4-3-5-24(22)31/h3-7,12-13,18,34H,8-11,14-15H2,1-2H3,(H,33,38)(H,35,37)/b21-13-. The first kappa shape index (κ1) is 29.3. The van der Waals surface area contributed by atoms with Gasteiger partial charge in [0.15, 0.2) is 9.84 Å². The zero-order valence-corrected chi connectivity index (χ0v) is 24.8. The Hall–Kier alpha value is -3.18. The van der Waals surface area contributed by atoms with Crippen LogP contribution in [0.25, 0.3) is 11.6 Å². The highest BCUT2D eigenvalue weighted by Gasteiger charge is 2.29. The van der Waals surface area contributed by atoms with E-state index < -0.39 is 27.7 Å². The van der Waals surface area contributed by atoms with Gasteiger partial charge in [-0.2, -0.15) is 0 Å². The maximum atomic E-state index is 13.4. The van der Waals surface area contributed by atoms with E-state index in [9.17, 15) is 22.4 Å². The number of aryl methyl sites for hydroxylation is 1. The van der Waals surface area contributed by atoms with Gasteiger partial charge in [-0.1, -0.05) is 29.3 Å². The van der Waals surface area contributed by atoms with E-state index in [1.807, 2.05) is 4.90 Å². The van der Waals surface area contributed by atoms with Crippen LogP contribution in [-0.2, 0) is 20.4 Å². The van der Waals surface area contributed by atoms with Crippen molar-refractivity contribution in [2.45, 2.75) is 37.1 Å². The lowest BCUT2D eigenvalue weighted by atomic mass is 10.0. The van der Waals surface area contributed by atoms with Crippen molar-refractivity contribution < 1.29 is 22.4 Å². The third-order valence-electron chi connectivity index (χ3n) is 7.45. The molecule has 8 nitrogen and oxygen atoms in total. The number of H-pyrrole nitrogens is 1. The van der Waals surface area contributed by atoms with Crippen molar-refractivity contribution in [2.75, 3.05) is 31.5 Å². The summed E-state index contributed by atoms with van der Waals surface area (Å²) >= 11 is 12.4. The van der Waals surface area contributed by atoms with E-state index in [-0.39, 0.29) is 26.4 Å². The molecule has 2 aromatic carbocycles. The van der Waals surface area contributed by atoms with E-state index in [1.165, 1.54) is 12.1 Å². The number of amides is 2. The molecule has 0 radical (unpaired) electrons. The number of aromatic amines is 1. The lowest BCUT2D eigenvalue weighted by Gasteiger charge is -2.14. The van der Waals surface area contributed by atoms with Crippen molar-refractivity contribution in [3.63, 3.8) is 0 Å². The Bertz CT molecular complexity index is 1670. The number of nitrogens with one attached hydrogen (secondary N) is 3. The zero-order valence-electron chi connectivity index (χ0n) is 22.5. The van der Waals surface area contributed by atoms with Crippen LogP contribution in [0.5, 0.6) is 0 Å². The van der Waals surface area contributed by atoms with Gasteiger partial charge in [-0.15, -0.1) is 0 Å². The molecule has 5 rings (SSSR count). The molecule has 1 fully saturated rings. The number of alkyl halides is 1. The Balaban J connectivity index is 1.39. The van der Waals surface area contributed by atoms with Crippen LogP contribution < -0.4 is 10.6 Å². The van der Waals surface area contributed by atoms with Crippen LogP contribution in [0.3, 0.4) is 0 Å². The first-order valence-electron chi connectivity index (χ1n) is 13.1. The van der Waals surface area contributed by atoms with Crippen LogP contribution in [-0.4, -0.2) is 62.5 Å². The van der Waals surface area contributed by atoms with Crippen molar-refractivity contribution in [1.82, 2.24) is 15.2 Å². The number of likely N-dealkylation sites (tertiary alicyclic amines) is 1. The number of benzene rings is 2. The minimum atomic E-state index is -3.85. The van der Waals surface area contributed by atoms with Crippen LogP contribution in [0, 0.1) is 13.8 Å². The van der Waals surface area contributed by atoms with Crippen LogP contribution in [0.2, 0.25) is 10.0 Å². The molecular weight excluding hydrogens is 590 g/mol. The van der Waals surface area contributed by atoms with Crippen molar-refractivity contribution in [2.24, 2.45) is 0 Å². The highest BCUT2D eigenvalue weighted by atomic mass is 35.5. The average molecular weight is 620 g/mol. The Labute approximate surface area is 247 Å². The van der Waals surface area contributed by atoms with Gasteiger partial charge < -0.3 is 15.6 Å². The summed E-state index contributed by atoms with van der Waals surface area (Å²) in [6.45, 7) is 5.56. The maximum Gasteiger partial charge on any atom is 0.256 e. The van der Waals surface area contributed by atoms with Gasteiger partial charge in [0.2, 0.25) is 0 Å². The van der Waals surface area contributed by atoms with E-state index in [0.29, 0.717) is 71.9 Å². The van der Waals surface area contributed by atoms with Gasteiger partial charge in [-0.25, -0.2) is 12.8 Å². The summed E-state index contributed by atoms with van der Waals surface area (Å²) in [6, 6.07) is 9.23. The Morgan fingerprint density at radius 3 is 2.61 bits per heavy atom. The molecule has 0 bridgehead atoms. The first-order chi connectivity index (χ1) is 19.4. The molecule has 41 heavy (non-hydrogen) atoms. The minimum absolute atomic E-state index is 0.0196. The molecule has 2 aliphatic rings. The van der Waals surface area contributed by atoms with Gasteiger partial charge in [0.25, 0.3) is 11.8 Å². The monoisotopic (exact) mass is 618 g/mol. The fraction of sp³-hybridized carbons (Fsp3) is 0.310. The van der Waals surface area contributed by atoms with Crippen LogP contribution >= 0.6 is 23.2 Å². The molecule has 0 spiro atoms. The molecule has 3 N–H and O–H groups in total. The number of hydrogen-bond donors (Lipinski definition) is 3. The molecule has 3 heterocycles. The first-order valence-corrected chi connectivity index (χ1v) is 15.5. The van der Waals surface area contributed by atoms with Gasteiger partial charge in [-0.3, -0.25) is 14.5 Å². The maximum absolute atomic E-state index is 13.4. The molecule has 2 aliphatic heterocycles. The van der Waals surface area contributed by atoms with Crippen molar-refractivity contribution in [3.05, 3.63) is 80.1 Å². The SMILES string of the molecule is Cc1[nH]c(/C=C2\C(=O)Nc3ccc(S(=O)(=O)Cc4c(Cl)cccc4Cl)cc32)c(C)c1C(=O)NCCN1CCC(F)C1. The summed E-state index contributed by atoms with van der Waals surface area (Å²) in [6.07, 6.45) is 1.32. The molecule has 12 heteroatoms. The lowest BCUT2D eigenvalue weighted by Crippen LogP contribution is -2.34. The summed E-state index contributed by atoms with van der Waals surface area (Å²) in [4.78, 5) is 31.1. The molecule has 1 saturated heterocycles. The number of fused-ring (bicyclic) bond motifs is 1. The highest BCUT2D eigenvalue weighted by molar-refractivity contribution is 7.90. The summed E-state index contributed by atoms with van der Waals surface area (Å²) in [5.41, 5.74) is 3.77. The largest absolute Gasteiger partial charge is 0.358 e. The van der Waals surface area contributed by atoms with E-state index in [2.05, 4.69) is 15.6 Å². The van der Waals surface area contributed by atoms with Crippen molar-refractivity contribution >= 4 is 62.2 Å². The topological polar surface area (TPSA) is 111 Å². The average Bonchev–Trinajstić information content (AvgIpc) is 3.55. The third-order valence-corrected chi connectivity index (χ3v) is 9.80. The number of halogens is 3.